The molecule has 6 nitrogen and oxygen atoms in total. The number of nitrogens with one attached hydrogen (secondary N) is 1. The van der Waals surface area contributed by atoms with Crippen molar-refractivity contribution in [2.45, 2.75) is 13.0 Å². The van der Waals surface area contributed by atoms with Crippen molar-refractivity contribution in [3.63, 3.8) is 0 Å². The highest BCUT2D eigenvalue weighted by atomic mass is 16.5. The summed E-state index contributed by atoms with van der Waals surface area (Å²) in [5.74, 6) is 1.20. The van der Waals surface area contributed by atoms with E-state index in [9.17, 15) is 4.79 Å². The smallest absolute Gasteiger partial charge is 0.251 e. The lowest BCUT2D eigenvalue weighted by molar-refractivity contribution is 0.0952. The Morgan fingerprint density at radius 1 is 0.906 bits per heavy atom. The minimum Gasteiger partial charge on any atom is -0.493 e. The zero-order chi connectivity index (χ0) is 22.8. The second-order valence-electron chi connectivity index (χ2n) is 7.35. The third-order valence-corrected chi connectivity index (χ3v) is 5.10. The zero-order valence-corrected chi connectivity index (χ0v) is 18.8. The summed E-state index contributed by atoms with van der Waals surface area (Å²) >= 11 is 0. The largest absolute Gasteiger partial charge is 0.493 e. The molecule has 32 heavy (non-hydrogen) atoms. The molecule has 0 heterocycles. The third-order valence-electron chi connectivity index (χ3n) is 5.10. The van der Waals surface area contributed by atoms with Gasteiger partial charge in [-0.25, -0.2) is 0 Å². The maximum atomic E-state index is 12.7. The van der Waals surface area contributed by atoms with Gasteiger partial charge in [0, 0.05) is 31.4 Å². The van der Waals surface area contributed by atoms with Crippen LogP contribution in [0.1, 0.15) is 22.3 Å². The summed E-state index contributed by atoms with van der Waals surface area (Å²) in [4.78, 5) is 14.9. The summed E-state index contributed by atoms with van der Waals surface area (Å²) in [6.45, 7) is 1.77. The van der Waals surface area contributed by atoms with Crippen LogP contribution in [0.4, 0.5) is 5.69 Å². The predicted molar refractivity (Wildman–Crippen MR) is 127 cm³/mol. The molecule has 0 aromatic heterocycles. The van der Waals surface area contributed by atoms with Crippen LogP contribution in [0, 0.1) is 0 Å². The summed E-state index contributed by atoms with van der Waals surface area (Å²) in [5, 5.41) is 2.97. The minimum absolute atomic E-state index is 0.182. The first-order valence-corrected chi connectivity index (χ1v) is 10.6. The Morgan fingerprint density at radius 3 is 2.09 bits per heavy atom. The molecule has 0 aliphatic heterocycles. The van der Waals surface area contributed by atoms with Gasteiger partial charge in [0.25, 0.3) is 5.91 Å². The van der Waals surface area contributed by atoms with E-state index < -0.39 is 0 Å². The van der Waals surface area contributed by atoms with Gasteiger partial charge in [-0.2, -0.15) is 0 Å². The fourth-order valence-corrected chi connectivity index (χ4v) is 3.31. The number of benzene rings is 3. The zero-order valence-electron chi connectivity index (χ0n) is 18.8. The number of hydrogen-bond acceptors (Lipinski definition) is 5. The number of methoxy groups -OCH3 is 2. The molecule has 3 aromatic rings. The molecule has 0 atom stereocenters. The van der Waals surface area contributed by atoms with Gasteiger partial charge in [0.1, 0.15) is 6.61 Å². The van der Waals surface area contributed by atoms with Gasteiger partial charge >= 0.3 is 0 Å². The number of para-hydroxylation sites is 1. The van der Waals surface area contributed by atoms with Gasteiger partial charge < -0.3 is 24.4 Å². The summed E-state index contributed by atoms with van der Waals surface area (Å²) in [6.07, 6.45) is 0.823. The molecule has 0 fully saturated rings. The van der Waals surface area contributed by atoms with Gasteiger partial charge in [-0.05, 0) is 36.2 Å². The molecule has 0 saturated carbocycles. The van der Waals surface area contributed by atoms with Gasteiger partial charge in [0.15, 0.2) is 11.5 Å². The van der Waals surface area contributed by atoms with Crippen molar-refractivity contribution >= 4 is 11.6 Å². The number of rotatable bonds is 11. The van der Waals surface area contributed by atoms with Crippen LogP contribution in [0.3, 0.4) is 0 Å². The van der Waals surface area contributed by atoms with Crippen molar-refractivity contribution in [2.24, 2.45) is 0 Å². The molecule has 0 unspecified atom stereocenters. The van der Waals surface area contributed by atoms with Crippen molar-refractivity contribution in [3.05, 3.63) is 83.9 Å². The van der Waals surface area contributed by atoms with E-state index in [2.05, 4.69) is 22.3 Å². The van der Waals surface area contributed by atoms with Crippen molar-refractivity contribution in [2.75, 3.05) is 39.3 Å². The maximum Gasteiger partial charge on any atom is 0.251 e. The van der Waals surface area contributed by atoms with E-state index in [1.807, 2.05) is 55.6 Å². The normalized spacial score (nSPS) is 10.3. The molecule has 0 aliphatic carbocycles. The van der Waals surface area contributed by atoms with Crippen molar-refractivity contribution in [1.29, 1.82) is 0 Å². The van der Waals surface area contributed by atoms with E-state index in [-0.39, 0.29) is 5.91 Å². The van der Waals surface area contributed by atoms with Crippen LogP contribution in [0.25, 0.3) is 0 Å². The van der Waals surface area contributed by atoms with Gasteiger partial charge in [-0.1, -0.05) is 48.5 Å². The summed E-state index contributed by atoms with van der Waals surface area (Å²) in [7, 11) is 5.14. The number of anilines is 1. The predicted octanol–water partition coefficient (Wildman–Crippen LogP) is 4.54. The Morgan fingerprint density at radius 2 is 1.50 bits per heavy atom. The highest BCUT2D eigenvalue weighted by molar-refractivity contribution is 5.95. The van der Waals surface area contributed by atoms with E-state index in [4.69, 9.17) is 14.2 Å². The van der Waals surface area contributed by atoms with Crippen LogP contribution >= 0.6 is 0 Å². The number of carbonyl (C=O) groups is 1. The van der Waals surface area contributed by atoms with E-state index in [1.165, 1.54) is 0 Å². The third kappa shape index (κ3) is 6.17. The molecule has 0 bridgehead atoms. The Balaban J connectivity index is 1.59. The van der Waals surface area contributed by atoms with E-state index in [0.29, 0.717) is 36.0 Å². The van der Waals surface area contributed by atoms with Gasteiger partial charge in [-0.3, -0.25) is 4.79 Å². The van der Waals surface area contributed by atoms with Crippen LogP contribution in [0.15, 0.2) is 72.8 Å². The molecule has 3 rings (SSSR count). The lowest BCUT2D eigenvalue weighted by Crippen LogP contribution is -2.28. The maximum absolute atomic E-state index is 12.7. The van der Waals surface area contributed by atoms with Crippen LogP contribution in [0.2, 0.25) is 0 Å². The quantitative estimate of drug-likeness (QED) is 0.449. The monoisotopic (exact) mass is 434 g/mol. The van der Waals surface area contributed by atoms with Crippen LogP contribution in [-0.2, 0) is 6.61 Å². The number of ether oxygens (including phenoxy) is 3. The van der Waals surface area contributed by atoms with E-state index in [0.717, 1.165) is 24.2 Å². The Bertz CT molecular complexity index is 968. The molecule has 6 heteroatoms. The SMILES string of the molecule is COc1cc(C(=O)NCCCN(C)c2ccccc2)cc(OC)c1OCc1ccccc1. The lowest BCUT2D eigenvalue weighted by atomic mass is 10.1. The molecular weight excluding hydrogens is 404 g/mol. The number of carbonyl (C=O) groups excluding carboxylic acids is 1. The standard InChI is InChI=1S/C26H30N2O4/c1-28(22-13-8-5-9-14-22)16-10-15-27-26(29)21-17-23(30-2)25(24(18-21)31-3)32-19-20-11-6-4-7-12-20/h4-9,11-14,17-18H,10,15-16,19H2,1-3H3,(H,27,29). The first-order chi connectivity index (χ1) is 15.6. The fraction of sp³-hybridized carbons (Fsp3) is 0.269. The van der Waals surface area contributed by atoms with Gasteiger partial charge in [0.2, 0.25) is 5.75 Å². The molecule has 0 spiro atoms. The number of amides is 1. The first kappa shape index (κ1) is 23.0. The highest BCUT2D eigenvalue weighted by Gasteiger charge is 2.18. The Kier molecular flexibility index (Phi) is 8.37. The lowest BCUT2D eigenvalue weighted by Gasteiger charge is -2.19. The topological polar surface area (TPSA) is 60.0 Å². The average Bonchev–Trinajstić information content (AvgIpc) is 2.85. The number of nitrogens with zero attached hydrogens (tertiary/aromatic N) is 1. The highest BCUT2D eigenvalue weighted by Crippen LogP contribution is 2.39. The average molecular weight is 435 g/mol. The second-order valence-corrected chi connectivity index (χ2v) is 7.35. The Labute approximate surface area is 189 Å². The summed E-state index contributed by atoms with van der Waals surface area (Å²) < 4.78 is 16.9. The van der Waals surface area contributed by atoms with Gasteiger partial charge in [0.05, 0.1) is 14.2 Å². The molecule has 0 saturated heterocycles. The van der Waals surface area contributed by atoms with Crippen LogP contribution < -0.4 is 24.4 Å². The van der Waals surface area contributed by atoms with E-state index >= 15 is 0 Å². The fourth-order valence-electron chi connectivity index (χ4n) is 3.31. The summed E-state index contributed by atoms with van der Waals surface area (Å²) in [6, 6.07) is 23.3. The number of hydrogen-bond donors (Lipinski definition) is 1. The van der Waals surface area contributed by atoms with Crippen LogP contribution in [-0.4, -0.2) is 40.3 Å². The molecule has 3 aromatic carbocycles. The van der Waals surface area contributed by atoms with Crippen molar-refractivity contribution < 1.29 is 19.0 Å². The molecule has 1 amide bonds. The molecule has 1 N–H and O–H groups in total. The summed E-state index contributed by atoms with van der Waals surface area (Å²) in [5.41, 5.74) is 2.64. The minimum atomic E-state index is -0.182. The van der Waals surface area contributed by atoms with Crippen LogP contribution in [0.5, 0.6) is 17.2 Å². The molecular formula is C26H30N2O4. The van der Waals surface area contributed by atoms with E-state index in [1.54, 1.807) is 26.4 Å². The van der Waals surface area contributed by atoms with Gasteiger partial charge in [-0.15, -0.1) is 0 Å². The Hall–Kier alpha value is -3.67. The molecule has 0 aliphatic rings. The van der Waals surface area contributed by atoms with Crippen molar-refractivity contribution in [3.8, 4) is 17.2 Å². The molecule has 0 radical (unpaired) electrons. The molecule has 168 valence electrons. The first-order valence-electron chi connectivity index (χ1n) is 10.6. The second kappa shape index (κ2) is 11.6. The van der Waals surface area contributed by atoms with Crippen molar-refractivity contribution in [1.82, 2.24) is 5.32 Å².